The molecule has 6 nitrogen and oxygen atoms in total. The highest BCUT2D eigenvalue weighted by molar-refractivity contribution is 5.74. The fourth-order valence-electron chi connectivity index (χ4n) is 0.946. The van der Waals surface area contributed by atoms with Crippen LogP contribution in [0.2, 0.25) is 0 Å². The molecule has 0 aliphatic heterocycles. The van der Waals surface area contributed by atoms with Gasteiger partial charge < -0.3 is 14.6 Å². The first-order chi connectivity index (χ1) is 9.37. The van der Waals surface area contributed by atoms with Crippen molar-refractivity contribution >= 4 is 17.9 Å². The monoisotopic (exact) mass is 250 g/mol. The standard InChI is InChI=1S/C11H18O6/c1-4-16-11(15)7(2)9(5-10(13)14)6-17-8(3)12/h7,9H,4-6H2,1-3H3,(H,13,14)/t7?,9-/m1/s1/i5D2,6D2. The van der Waals surface area contributed by atoms with Crippen LogP contribution in [0.4, 0.5) is 0 Å². The zero-order valence-corrected chi connectivity index (χ0v) is 9.85. The first kappa shape index (κ1) is 9.44. The third-order valence-corrected chi connectivity index (χ3v) is 1.77. The smallest absolute Gasteiger partial charge is 0.309 e. The second-order valence-corrected chi connectivity index (χ2v) is 3.18. The van der Waals surface area contributed by atoms with E-state index in [9.17, 15) is 14.4 Å². The summed E-state index contributed by atoms with van der Waals surface area (Å²) >= 11 is 0. The van der Waals surface area contributed by atoms with Crippen LogP contribution >= 0.6 is 0 Å². The highest BCUT2D eigenvalue weighted by atomic mass is 16.5. The van der Waals surface area contributed by atoms with E-state index in [4.69, 9.17) is 10.6 Å². The second kappa shape index (κ2) is 7.65. The summed E-state index contributed by atoms with van der Waals surface area (Å²) in [6.07, 6.45) is -3.15. The number of carbonyl (C=O) groups is 3. The van der Waals surface area contributed by atoms with Gasteiger partial charge in [0.1, 0.15) is 0 Å². The molecule has 2 atom stereocenters. The van der Waals surface area contributed by atoms with E-state index in [2.05, 4.69) is 9.47 Å². The van der Waals surface area contributed by atoms with Gasteiger partial charge in [0.05, 0.1) is 28.2 Å². The van der Waals surface area contributed by atoms with Crippen LogP contribution in [0.3, 0.4) is 0 Å². The van der Waals surface area contributed by atoms with Gasteiger partial charge in [-0.25, -0.2) is 0 Å². The Morgan fingerprint density at radius 1 is 1.35 bits per heavy atom. The quantitative estimate of drug-likeness (QED) is 0.673. The Morgan fingerprint density at radius 3 is 2.35 bits per heavy atom. The molecule has 1 unspecified atom stereocenters. The van der Waals surface area contributed by atoms with E-state index in [1.54, 1.807) is 0 Å². The van der Waals surface area contributed by atoms with Crippen LogP contribution in [-0.4, -0.2) is 36.2 Å². The molecule has 0 fully saturated rings. The summed E-state index contributed by atoms with van der Waals surface area (Å²) in [6, 6.07) is 0. The number of carboxylic acids is 1. The number of ether oxygens (including phenoxy) is 2. The molecule has 98 valence electrons. The van der Waals surface area contributed by atoms with Crippen LogP contribution in [-0.2, 0) is 23.9 Å². The van der Waals surface area contributed by atoms with Crippen LogP contribution in [0.25, 0.3) is 0 Å². The molecular weight excluding hydrogens is 228 g/mol. The average molecular weight is 250 g/mol. The van der Waals surface area contributed by atoms with Crippen molar-refractivity contribution in [3.8, 4) is 0 Å². The van der Waals surface area contributed by atoms with Crippen molar-refractivity contribution in [2.75, 3.05) is 13.2 Å². The van der Waals surface area contributed by atoms with Gasteiger partial charge in [0.2, 0.25) is 0 Å². The number of rotatable bonds is 7. The van der Waals surface area contributed by atoms with Gasteiger partial charge >= 0.3 is 17.9 Å². The molecule has 17 heavy (non-hydrogen) atoms. The van der Waals surface area contributed by atoms with E-state index in [0.29, 0.717) is 0 Å². The number of carboxylic acid groups (broad SMARTS) is 1. The molecular formula is C11H18O6. The maximum Gasteiger partial charge on any atom is 0.309 e. The van der Waals surface area contributed by atoms with E-state index in [1.807, 2.05) is 0 Å². The number of carbonyl (C=O) groups excluding carboxylic acids is 2. The van der Waals surface area contributed by atoms with E-state index in [1.165, 1.54) is 6.92 Å². The van der Waals surface area contributed by atoms with E-state index in [-0.39, 0.29) is 6.61 Å². The Morgan fingerprint density at radius 2 is 1.94 bits per heavy atom. The van der Waals surface area contributed by atoms with Crippen molar-refractivity contribution < 1.29 is 34.4 Å². The van der Waals surface area contributed by atoms with Gasteiger partial charge in [-0.3, -0.25) is 14.4 Å². The molecule has 1 N–H and O–H groups in total. The van der Waals surface area contributed by atoms with Crippen molar-refractivity contribution in [2.45, 2.75) is 27.1 Å². The van der Waals surface area contributed by atoms with E-state index in [0.717, 1.165) is 13.8 Å². The first-order valence-corrected chi connectivity index (χ1v) is 4.97. The van der Waals surface area contributed by atoms with Crippen molar-refractivity contribution in [3.05, 3.63) is 0 Å². The van der Waals surface area contributed by atoms with Gasteiger partial charge in [-0.15, -0.1) is 0 Å². The van der Waals surface area contributed by atoms with Gasteiger partial charge in [0.15, 0.2) is 0 Å². The molecule has 0 aliphatic rings. The van der Waals surface area contributed by atoms with Crippen LogP contribution < -0.4 is 0 Å². The molecule has 0 spiro atoms. The SMILES string of the molecule is [2H]C([2H])(OC(C)=O)[C@H](C(C)C(=O)OCC)C([2H])([2H])C(=O)O. The lowest BCUT2D eigenvalue weighted by molar-refractivity contribution is -0.155. The Hall–Kier alpha value is -1.59. The summed E-state index contributed by atoms with van der Waals surface area (Å²) < 4.78 is 39.3. The van der Waals surface area contributed by atoms with Gasteiger partial charge in [-0.2, -0.15) is 0 Å². The molecule has 0 saturated carbocycles. The van der Waals surface area contributed by atoms with Crippen LogP contribution in [0.15, 0.2) is 0 Å². The fourth-order valence-corrected chi connectivity index (χ4v) is 0.946. The number of hydrogen-bond acceptors (Lipinski definition) is 5. The lowest BCUT2D eigenvalue weighted by Gasteiger charge is -2.20. The van der Waals surface area contributed by atoms with Crippen LogP contribution in [0.1, 0.15) is 32.6 Å². The molecule has 0 aromatic heterocycles. The Kier molecular flexibility index (Phi) is 4.25. The van der Waals surface area contributed by atoms with Gasteiger partial charge in [0.25, 0.3) is 0 Å². The van der Waals surface area contributed by atoms with Gasteiger partial charge in [0, 0.05) is 15.6 Å². The minimum atomic E-state index is -3.15. The van der Waals surface area contributed by atoms with Crippen LogP contribution in [0.5, 0.6) is 0 Å². The summed E-state index contributed by atoms with van der Waals surface area (Å²) in [6.45, 7) is 0.458. The zero-order chi connectivity index (χ0) is 17.0. The molecule has 0 rings (SSSR count). The molecule has 0 bridgehead atoms. The average Bonchev–Trinajstić information content (AvgIpc) is 2.26. The number of aliphatic carboxylic acids is 1. The highest BCUT2D eigenvalue weighted by Gasteiger charge is 2.28. The predicted octanol–water partition coefficient (Wildman–Crippen LogP) is 0.840. The second-order valence-electron chi connectivity index (χ2n) is 3.18. The molecule has 6 heteroatoms. The molecule has 0 aliphatic carbocycles. The minimum absolute atomic E-state index is 0.0392. The summed E-state index contributed by atoms with van der Waals surface area (Å²) in [7, 11) is 0. The predicted molar refractivity (Wildman–Crippen MR) is 58.2 cm³/mol. The van der Waals surface area contributed by atoms with Crippen molar-refractivity contribution in [1.29, 1.82) is 0 Å². The maximum atomic E-state index is 11.7. The summed E-state index contributed by atoms with van der Waals surface area (Å²) in [5.41, 5.74) is 0. The number of hydrogen-bond donors (Lipinski definition) is 1. The largest absolute Gasteiger partial charge is 0.481 e. The fraction of sp³-hybridized carbons (Fsp3) is 0.727. The molecule has 0 aromatic carbocycles. The summed E-state index contributed by atoms with van der Waals surface area (Å²) in [5.74, 6) is -7.58. The first-order valence-electron chi connectivity index (χ1n) is 6.97. The van der Waals surface area contributed by atoms with Gasteiger partial charge in [-0.05, 0) is 6.92 Å². The number of esters is 2. The zero-order valence-electron chi connectivity index (χ0n) is 13.9. The summed E-state index contributed by atoms with van der Waals surface area (Å²) in [4.78, 5) is 33.7. The van der Waals surface area contributed by atoms with Crippen LogP contribution in [0, 0.1) is 11.8 Å². The van der Waals surface area contributed by atoms with Crippen molar-refractivity contribution in [2.24, 2.45) is 11.8 Å². The summed E-state index contributed by atoms with van der Waals surface area (Å²) in [5, 5.41) is 8.94. The topological polar surface area (TPSA) is 89.9 Å². The third kappa shape index (κ3) is 6.55. The van der Waals surface area contributed by atoms with Crippen molar-refractivity contribution in [1.82, 2.24) is 0 Å². The maximum absolute atomic E-state index is 11.7. The Labute approximate surface area is 106 Å². The Bertz CT molecular complexity index is 423. The van der Waals surface area contributed by atoms with E-state index < -0.39 is 42.7 Å². The molecule has 0 heterocycles. The molecule has 0 radical (unpaired) electrons. The molecule has 0 saturated heterocycles. The van der Waals surface area contributed by atoms with E-state index >= 15 is 0 Å². The minimum Gasteiger partial charge on any atom is -0.481 e. The third-order valence-electron chi connectivity index (χ3n) is 1.77. The highest BCUT2D eigenvalue weighted by Crippen LogP contribution is 2.18. The normalized spacial score (nSPS) is 18.8. The molecule has 0 amide bonds. The Balaban J connectivity index is 5.74. The lowest BCUT2D eigenvalue weighted by atomic mass is 9.92. The van der Waals surface area contributed by atoms with Crippen molar-refractivity contribution in [3.63, 3.8) is 0 Å². The lowest BCUT2D eigenvalue weighted by Crippen LogP contribution is -2.29. The van der Waals surface area contributed by atoms with Gasteiger partial charge in [-0.1, -0.05) is 6.92 Å². The molecule has 0 aromatic rings.